The van der Waals surface area contributed by atoms with Crippen LogP contribution in [0.2, 0.25) is 10.0 Å². The standard InChI is InChI=1S/C44H47Cl2NO7/c45-39-16-11-17-40(46)38(39)31-53-27-26-52-25-10-2-1-9-24-47-29-42(49)32-18-23-41(48)33(28-32)30-54-37-21-19-36(20-22-37)44(43(50)51,34-12-5-3-6-13-34)35-14-7-4-8-15-35/h3-8,11-23,28,42,47-49H,1-2,9-10,24-27,29-31H2,(H,50,51)/t42-/m0/s1. The van der Waals surface area contributed by atoms with E-state index in [1.54, 1.807) is 60.7 Å². The van der Waals surface area contributed by atoms with Crippen LogP contribution in [0.3, 0.4) is 0 Å². The zero-order valence-electron chi connectivity index (χ0n) is 30.1. The van der Waals surface area contributed by atoms with E-state index >= 15 is 0 Å². The van der Waals surface area contributed by atoms with Crippen LogP contribution in [-0.2, 0) is 32.9 Å². The average molecular weight is 773 g/mol. The number of carbonyl (C=O) groups is 1. The monoisotopic (exact) mass is 771 g/mol. The molecule has 5 rings (SSSR count). The van der Waals surface area contributed by atoms with Gasteiger partial charge in [-0.2, -0.15) is 0 Å². The van der Waals surface area contributed by atoms with E-state index in [1.165, 1.54) is 0 Å². The zero-order valence-corrected chi connectivity index (χ0v) is 31.6. The molecule has 0 aliphatic carbocycles. The number of unbranched alkanes of at least 4 members (excludes halogenated alkanes) is 3. The number of aromatic hydroxyl groups is 1. The number of nitrogens with one attached hydrogen (secondary N) is 1. The Morgan fingerprint density at radius 3 is 1.94 bits per heavy atom. The molecule has 0 aliphatic rings. The fourth-order valence-electron chi connectivity index (χ4n) is 6.37. The number of aliphatic carboxylic acids is 1. The third kappa shape index (κ3) is 10.8. The third-order valence-corrected chi connectivity index (χ3v) is 10.0. The summed E-state index contributed by atoms with van der Waals surface area (Å²) in [4.78, 5) is 13.1. The second-order valence-electron chi connectivity index (χ2n) is 13.0. The van der Waals surface area contributed by atoms with E-state index in [9.17, 15) is 20.1 Å². The van der Waals surface area contributed by atoms with Crippen molar-refractivity contribution >= 4 is 29.2 Å². The Kier molecular flexibility index (Phi) is 15.8. The molecule has 0 unspecified atom stereocenters. The van der Waals surface area contributed by atoms with Crippen LogP contribution < -0.4 is 10.1 Å². The predicted octanol–water partition coefficient (Wildman–Crippen LogP) is 9.11. The van der Waals surface area contributed by atoms with Crippen LogP contribution in [0.5, 0.6) is 11.5 Å². The maximum Gasteiger partial charge on any atom is 0.323 e. The number of carboxylic acids is 1. The van der Waals surface area contributed by atoms with Gasteiger partial charge < -0.3 is 34.8 Å². The Morgan fingerprint density at radius 2 is 1.30 bits per heavy atom. The van der Waals surface area contributed by atoms with Crippen LogP contribution in [0.25, 0.3) is 0 Å². The largest absolute Gasteiger partial charge is 0.508 e. The van der Waals surface area contributed by atoms with Crippen LogP contribution in [0.15, 0.2) is 121 Å². The van der Waals surface area contributed by atoms with Gasteiger partial charge in [0.05, 0.1) is 25.9 Å². The van der Waals surface area contributed by atoms with Crippen LogP contribution in [0.4, 0.5) is 0 Å². The molecule has 284 valence electrons. The Balaban J connectivity index is 1.02. The lowest BCUT2D eigenvalue weighted by atomic mass is 9.69. The highest BCUT2D eigenvalue weighted by Crippen LogP contribution is 2.40. The molecule has 4 N–H and O–H groups in total. The Morgan fingerprint density at radius 1 is 0.685 bits per heavy atom. The normalized spacial score (nSPS) is 12.1. The van der Waals surface area contributed by atoms with Gasteiger partial charge in [-0.3, -0.25) is 4.79 Å². The molecular formula is C44H47Cl2NO7. The van der Waals surface area contributed by atoms with E-state index in [-0.39, 0.29) is 12.4 Å². The number of aliphatic hydroxyl groups is 1. The van der Waals surface area contributed by atoms with E-state index in [4.69, 9.17) is 37.4 Å². The average Bonchev–Trinajstić information content (AvgIpc) is 3.18. The molecule has 0 saturated carbocycles. The van der Waals surface area contributed by atoms with Crippen molar-refractivity contribution in [2.45, 2.75) is 50.4 Å². The molecule has 5 aromatic rings. The highest BCUT2D eigenvalue weighted by molar-refractivity contribution is 6.35. The van der Waals surface area contributed by atoms with E-state index in [1.807, 2.05) is 60.7 Å². The van der Waals surface area contributed by atoms with E-state index < -0.39 is 17.5 Å². The fourth-order valence-corrected chi connectivity index (χ4v) is 6.87. The van der Waals surface area contributed by atoms with Crippen LogP contribution >= 0.6 is 23.2 Å². The fraction of sp³-hybridized carbons (Fsp3) is 0.295. The summed E-state index contributed by atoms with van der Waals surface area (Å²) < 4.78 is 17.3. The number of rotatable bonds is 22. The molecule has 0 radical (unpaired) electrons. The smallest absolute Gasteiger partial charge is 0.323 e. The molecule has 0 aliphatic heterocycles. The molecule has 0 aromatic heterocycles. The second kappa shape index (κ2) is 20.9. The molecule has 0 fully saturated rings. The van der Waals surface area contributed by atoms with Crippen LogP contribution in [-0.4, -0.2) is 54.2 Å². The molecule has 0 bridgehead atoms. The first kappa shape index (κ1) is 40.8. The molecule has 1 atom stereocenters. The first-order valence-electron chi connectivity index (χ1n) is 18.2. The van der Waals surface area contributed by atoms with Crippen LogP contribution in [0.1, 0.15) is 65.2 Å². The molecule has 54 heavy (non-hydrogen) atoms. The maximum atomic E-state index is 13.1. The first-order valence-corrected chi connectivity index (χ1v) is 18.9. The summed E-state index contributed by atoms with van der Waals surface area (Å²) in [5, 5.41) is 36.6. The van der Waals surface area contributed by atoms with Crippen molar-refractivity contribution in [3.05, 3.63) is 165 Å². The van der Waals surface area contributed by atoms with Crippen LogP contribution in [0, 0.1) is 0 Å². The molecule has 0 spiro atoms. The summed E-state index contributed by atoms with van der Waals surface area (Å²) >= 11 is 12.3. The molecular weight excluding hydrogens is 725 g/mol. The molecule has 8 nitrogen and oxygen atoms in total. The van der Waals surface area contributed by atoms with Crippen molar-refractivity contribution in [1.82, 2.24) is 5.32 Å². The first-order chi connectivity index (χ1) is 26.3. The van der Waals surface area contributed by atoms with Gasteiger partial charge in [-0.25, -0.2) is 0 Å². The molecule has 0 amide bonds. The predicted molar refractivity (Wildman–Crippen MR) is 213 cm³/mol. The quantitative estimate of drug-likeness (QED) is 0.0407. The summed E-state index contributed by atoms with van der Waals surface area (Å²) in [7, 11) is 0. The van der Waals surface area contributed by atoms with Gasteiger partial charge in [0.15, 0.2) is 0 Å². The SMILES string of the molecule is O=C(O)C(c1ccccc1)(c1ccccc1)c1ccc(OCc2cc([C@@H](O)CNCCCCCCOCCOCc3c(Cl)cccc3Cl)ccc2O)cc1. The highest BCUT2D eigenvalue weighted by Gasteiger charge is 2.44. The Hall–Kier alpha value is -4.41. The van der Waals surface area contributed by atoms with Gasteiger partial charge in [-0.15, -0.1) is 0 Å². The van der Waals surface area contributed by atoms with Crippen molar-refractivity contribution in [1.29, 1.82) is 0 Å². The van der Waals surface area contributed by atoms with Gasteiger partial charge in [0.1, 0.15) is 23.5 Å². The summed E-state index contributed by atoms with van der Waals surface area (Å²) in [6.07, 6.45) is 3.28. The number of phenolic OH excluding ortho intramolecular Hbond substituents is 1. The zero-order chi connectivity index (χ0) is 38.2. The topological polar surface area (TPSA) is 117 Å². The third-order valence-electron chi connectivity index (χ3n) is 9.31. The summed E-state index contributed by atoms with van der Waals surface area (Å²) in [6, 6.07) is 35.8. The lowest BCUT2D eigenvalue weighted by Gasteiger charge is -2.31. The molecule has 5 aromatic carbocycles. The maximum absolute atomic E-state index is 13.1. The van der Waals surface area contributed by atoms with E-state index in [0.29, 0.717) is 76.6 Å². The van der Waals surface area contributed by atoms with E-state index in [2.05, 4.69) is 5.32 Å². The number of ether oxygens (including phenoxy) is 3. The Labute approximate surface area is 327 Å². The van der Waals surface area contributed by atoms with Crippen molar-refractivity contribution in [2.75, 3.05) is 32.9 Å². The summed E-state index contributed by atoms with van der Waals surface area (Å²) in [5.41, 5.74) is 2.44. The van der Waals surface area contributed by atoms with Gasteiger partial charge in [0.25, 0.3) is 0 Å². The number of halogens is 2. The minimum Gasteiger partial charge on any atom is -0.508 e. The van der Waals surface area contributed by atoms with Gasteiger partial charge in [0.2, 0.25) is 0 Å². The van der Waals surface area contributed by atoms with Gasteiger partial charge >= 0.3 is 5.97 Å². The number of phenols is 1. The Bertz CT molecular complexity index is 1830. The van der Waals surface area contributed by atoms with Crippen molar-refractivity contribution in [2.24, 2.45) is 0 Å². The number of aliphatic hydroxyl groups excluding tert-OH is 1. The number of hydrogen-bond donors (Lipinski definition) is 4. The lowest BCUT2D eigenvalue weighted by Crippen LogP contribution is -2.38. The lowest BCUT2D eigenvalue weighted by molar-refractivity contribution is -0.140. The van der Waals surface area contributed by atoms with Crippen molar-refractivity contribution < 1.29 is 34.3 Å². The number of hydrogen-bond acceptors (Lipinski definition) is 7. The van der Waals surface area contributed by atoms with Crippen molar-refractivity contribution in [3.63, 3.8) is 0 Å². The van der Waals surface area contributed by atoms with E-state index in [0.717, 1.165) is 37.8 Å². The summed E-state index contributed by atoms with van der Waals surface area (Å²) in [5.74, 6) is -0.408. The molecule has 0 saturated heterocycles. The number of benzene rings is 5. The van der Waals surface area contributed by atoms with Gasteiger partial charge in [-0.1, -0.05) is 121 Å². The van der Waals surface area contributed by atoms with Gasteiger partial charge in [-0.05, 0) is 78.0 Å². The number of carboxylic acid groups (broad SMARTS) is 1. The molecule has 0 heterocycles. The minimum atomic E-state index is -1.42. The minimum absolute atomic E-state index is 0.0621. The highest BCUT2D eigenvalue weighted by atomic mass is 35.5. The second-order valence-corrected chi connectivity index (χ2v) is 13.8. The summed E-state index contributed by atoms with van der Waals surface area (Å²) in [6.45, 7) is 3.23. The van der Waals surface area contributed by atoms with Crippen molar-refractivity contribution in [3.8, 4) is 11.5 Å². The molecule has 10 heteroatoms. The van der Waals surface area contributed by atoms with Gasteiger partial charge in [0, 0.05) is 34.3 Å².